The zero-order valence-electron chi connectivity index (χ0n) is 13.0. The van der Waals surface area contributed by atoms with Crippen molar-refractivity contribution in [3.8, 4) is 0 Å². The van der Waals surface area contributed by atoms with Crippen LogP contribution in [0.2, 0.25) is 10.0 Å². The molecule has 25 heavy (non-hydrogen) atoms. The summed E-state index contributed by atoms with van der Waals surface area (Å²) in [5.41, 5.74) is -0.554. The number of aliphatic hydroxyl groups excluding tert-OH is 1. The molecule has 1 amide bonds. The van der Waals surface area contributed by atoms with Gasteiger partial charge in [-0.1, -0.05) is 35.3 Å². The Hall–Kier alpha value is -1.73. The van der Waals surface area contributed by atoms with E-state index in [0.29, 0.717) is 16.3 Å². The van der Waals surface area contributed by atoms with Crippen LogP contribution < -0.4 is 10.2 Å². The van der Waals surface area contributed by atoms with Crippen LogP contribution >= 0.6 is 35.4 Å². The molecule has 1 aliphatic heterocycles. The lowest BCUT2D eigenvalue weighted by Gasteiger charge is -2.28. The van der Waals surface area contributed by atoms with Crippen LogP contribution in [0.1, 0.15) is 18.6 Å². The Bertz CT molecular complexity index is 862. The topological polar surface area (TPSA) is 52.6 Å². The van der Waals surface area contributed by atoms with Gasteiger partial charge in [0.05, 0.1) is 10.7 Å². The number of thiocarbonyl (C=S) groups is 1. The average Bonchev–Trinajstić information content (AvgIpc) is 2.80. The minimum Gasteiger partial charge on any atom is -0.385 e. The number of hydrogen-bond donors (Lipinski definition) is 2. The van der Waals surface area contributed by atoms with E-state index in [9.17, 15) is 14.3 Å². The molecule has 0 bridgehead atoms. The average molecular weight is 399 g/mol. The molecule has 4 nitrogen and oxygen atoms in total. The Morgan fingerprint density at radius 2 is 1.88 bits per heavy atom. The van der Waals surface area contributed by atoms with Gasteiger partial charge < -0.3 is 10.4 Å². The van der Waals surface area contributed by atoms with E-state index in [2.05, 4.69) is 5.32 Å². The van der Waals surface area contributed by atoms with Crippen molar-refractivity contribution in [2.45, 2.75) is 18.6 Å². The maximum Gasteiger partial charge on any atom is 0.261 e. The van der Waals surface area contributed by atoms with Gasteiger partial charge in [-0.05, 0) is 55.0 Å². The maximum absolute atomic E-state index is 13.4. The molecule has 2 atom stereocenters. The van der Waals surface area contributed by atoms with E-state index in [4.69, 9.17) is 35.4 Å². The van der Waals surface area contributed by atoms with Crippen molar-refractivity contribution in [3.05, 3.63) is 63.9 Å². The highest BCUT2D eigenvalue weighted by molar-refractivity contribution is 7.80. The third-order valence-corrected chi connectivity index (χ3v) is 4.94. The first kappa shape index (κ1) is 18.1. The summed E-state index contributed by atoms with van der Waals surface area (Å²) in [6, 6.07) is 10.4. The molecule has 2 aromatic rings. The van der Waals surface area contributed by atoms with Gasteiger partial charge in [-0.25, -0.2) is 4.39 Å². The maximum atomic E-state index is 13.4. The molecule has 8 heteroatoms. The van der Waals surface area contributed by atoms with Gasteiger partial charge in [0.2, 0.25) is 0 Å². The fraction of sp³-hybridized carbons (Fsp3) is 0.176. The minimum atomic E-state index is -1.38. The number of benzene rings is 2. The van der Waals surface area contributed by atoms with E-state index < -0.39 is 23.4 Å². The molecule has 130 valence electrons. The number of rotatable bonds is 3. The van der Waals surface area contributed by atoms with Gasteiger partial charge >= 0.3 is 0 Å². The van der Waals surface area contributed by atoms with E-state index in [-0.39, 0.29) is 10.1 Å². The minimum absolute atomic E-state index is 0.100. The van der Waals surface area contributed by atoms with Crippen molar-refractivity contribution in [1.82, 2.24) is 5.32 Å². The lowest BCUT2D eigenvalue weighted by molar-refractivity contribution is -0.125. The summed E-state index contributed by atoms with van der Waals surface area (Å²) in [7, 11) is 0. The van der Waals surface area contributed by atoms with E-state index in [0.717, 1.165) is 6.07 Å². The van der Waals surface area contributed by atoms with Crippen LogP contribution in [-0.2, 0) is 4.79 Å². The molecule has 0 saturated carbocycles. The molecule has 0 spiro atoms. The summed E-state index contributed by atoms with van der Waals surface area (Å²) in [6.07, 6.45) is -1.17. The highest BCUT2D eigenvalue weighted by Crippen LogP contribution is 2.35. The van der Waals surface area contributed by atoms with Crippen molar-refractivity contribution >= 4 is 52.1 Å². The van der Waals surface area contributed by atoms with Crippen LogP contribution in [0.5, 0.6) is 0 Å². The van der Waals surface area contributed by atoms with Gasteiger partial charge in [0.25, 0.3) is 5.91 Å². The second-order valence-electron chi connectivity index (χ2n) is 5.83. The van der Waals surface area contributed by atoms with Gasteiger partial charge in [-0.15, -0.1) is 0 Å². The van der Waals surface area contributed by atoms with Gasteiger partial charge in [0.1, 0.15) is 17.5 Å². The number of nitrogens with zero attached hydrogens (tertiary/aromatic N) is 1. The van der Waals surface area contributed by atoms with E-state index in [1.807, 2.05) is 0 Å². The number of amides is 1. The van der Waals surface area contributed by atoms with Gasteiger partial charge in [-0.3, -0.25) is 9.69 Å². The van der Waals surface area contributed by atoms with Gasteiger partial charge in [-0.2, -0.15) is 0 Å². The van der Waals surface area contributed by atoms with Crippen molar-refractivity contribution < 1.29 is 14.3 Å². The Labute approximate surface area is 159 Å². The number of carbonyl (C=O) groups is 1. The number of hydrogen-bond acceptors (Lipinski definition) is 3. The predicted molar refractivity (Wildman–Crippen MR) is 99.4 cm³/mol. The molecule has 2 aromatic carbocycles. The van der Waals surface area contributed by atoms with Crippen LogP contribution in [0.25, 0.3) is 0 Å². The number of aliphatic hydroxyl groups is 1. The molecular formula is C17H13Cl2FN2O2S. The second-order valence-corrected chi connectivity index (χ2v) is 7.06. The lowest BCUT2D eigenvalue weighted by Crippen LogP contribution is -2.49. The van der Waals surface area contributed by atoms with Crippen LogP contribution in [0.4, 0.5) is 10.1 Å². The number of anilines is 1. The highest BCUT2D eigenvalue weighted by Gasteiger charge is 2.51. The molecule has 2 N–H and O–H groups in total. The van der Waals surface area contributed by atoms with Crippen molar-refractivity contribution in [2.24, 2.45) is 0 Å². The first-order valence-corrected chi connectivity index (χ1v) is 8.46. The van der Waals surface area contributed by atoms with Gasteiger partial charge in [0.15, 0.2) is 5.11 Å². The standard InChI is InChI=1S/C17H13Cl2FN2O2S/c1-17(14(23)9-2-4-10(18)5-3-9)15(24)22(16(25)21-17)11-6-7-13(20)12(19)8-11/h2-8,14,23H,1H3,(H,21,25)/t14-,17+/m0/s1. The molecule has 1 saturated heterocycles. The van der Waals surface area contributed by atoms with Crippen molar-refractivity contribution in [1.29, 1.82) is 0 Å². The quantitative estimate of drug-likeness (QED) is 0.771. The number of halogens is 3. The lowest BCUT2D eigenvalue weighted by atomic mass is 9.89. The zero-order chi connectivity index (χ0) is 18.4. The van der Waals surface area contributed by atoms with Crippen LogP contribution in [0.3, 0.4) is 0 Å². The molecule has 1 aliphatic rings. The fourth-order valence-electron chi connectivity index (χ4n) is 2.68. The second kappa shape index (κ2) is 6.53. The smallest absolute Gasteiger partial charge is 0.261 e. The Balaban J connectivity index is 1.96. The zero-order valence-corrected chi connectivity index (χ0v) is 15.3. The molecule has 1 heterocycles. The normalized spacial score (nSPS) is 21.4. The summed E-state index contributed by atoms with van der Waals surface area (Å²) >= 11 is 16.9. The third-order valence-electron chi connectivity index (χ3n) is 4.11. The first-order chi connectivity index (χ1) is 11.7. The van der Waals surface area contributed by atoms with Crippen LogP contribution in [-0.4, -0.2) is 21.7 Å². The third kappa shape index (κ3) is 3.11. The van der Waals surface area contributed by atoms with Crippen molar-refractivity contribution in [3.63, 3.8) is 0 Å². The van der Waals surface area contributed by atoms with E-state index in [1.165, 1.54) is 17.0 Å². The summed E-state index contributed by atoms with van der Waals surface area (Å²) in [5.74, 6) is -1.07. The van der Waals surface area contributed by atoms with Gasteiger partial charge in [0, 0.05) is 5.02 Å². The van der Waals surface area contributed by atoms with E-state index >= 15 is 0 Å². The largest absolute Gasteiger partial charge is 0.385 e. The Morgan fingerprint density at radius 3 is 2.48 bits per heavy atom. The molecule has 3 rings (SSSR count). The number of carbonyl (C=O) groups excluding carboxylic acids is 1. The molecule has 1 fully saturated rings. The Kier molecular flexibility index (Phi) is 4.72. The van der Waals surface area contributed by atoms with Crippen LogP contribution in [0, 0.1) is 5.82 Å². The monoisotopic (exact) mass is 398 g/mol. The molecule has 0 radical (unpaired) electrons. The summed E-state index contributed by atoms with van der Waals surface area (Å²) < 4.78 is 13.4. The summed E-state index contributed by atoms with van der Waals surface area (Å²) in [4.78, 5) is 14.2. The molecule has 0 unspecified atom stereocenters. The number of nitrogens with one attached hydrogen (secondary N) is 1. The first-order valence-electron chi connectivity index (χ1n) is 7.29. The van der Waals surface area contributed by atoms with Crippen LogP contribution in [0.15, 0.2) is 42.5 Å². The Morgan fingerprint density at radius 1 is 1.24 bits per heavy atom. The fourth-order valence-corrected chi connectivity index (χ4v) is 3.38. The molecule has 0 aliphatic carbocycles. The SMILES string of the molecule is C[C@]1([C@@H](O)c2ccc(Cl)cc2)NC(=S)N(c2ccc(F)c(Cl)c2)C1=O. The molecular weight excluding hydrogens is 386 g/mol. The predicted octanol–water partition coefficient (Wildman–Crippen LogP) is 3.85. The highest BCUT2D eigenvalue weighted by atomic mass is 35.5. The summed E-state index contributed by atoms with van der Waals surface area (Å²) in [5, 5.41) is 14.1. The van der Waals surface area contributed by atoms with E-state index in [1.54, 1.807) is 31.2 Å². The van der Waals surface area contributed by atoms with Crippen molar-refractivity contribution in [2.75, 3.05) is 4.90 Å². The summed E-state index contributed by atoms with van der Waals surface area (Å²) in [6.45, 7) is 1.55. The molecule has 0 aromatic heterocycles.